The second-order valence-electron chi connectivity index (χ2n) is 5.88. The number of aromatic nitrogens is 2. The predicted octanol–water partition coefficient (Wildman–Crippen LogP) is 6.32. The van der Waals surface area contributed by atoms with Crippen LogP contribution in [0.4, 0.5) is 5.13 Å². The van der Waals surface area contributed by atoms with Crippen LogP contribution in [-0.2, 0) is 6.54 Å². The topological polar surface area (TPSA) is 46.1 Å². The van der Waals surface area contributed by atoms with Crippen LogP contribution in [0.15, 0.2) is 52.4 Å². The highest BCUT2D eigenvalue weighted by molar-refractivity contribution is 9.11. The lowest BCUT2D eigenvalue weighted by molar-refractivity contribution is 0.0988. The lowest BCUT2D eigenvalue weighted by Gasteiger charge is -2.18. The molecule has 0 spiro atoms. The number of rotatable bonds is 4. The zero-order chi connectivity index (χ0) is 19.0. The van der Waals surface area contributed by atoms with E-state index in [2.05, 4.69) is 20.9 Å². The van der Waals surface area contributed by atoms with Crippen LogP contribution < -0.4 is 4.90 Å². The SMILES string of the molecule is Cc1cc(Cl)cc2sc(N(Cc3ccccn3)C(=O)c3ccc(Br)s3)nc12. The fourth-order valence-corrected chi connectivity index (χ4v) is 5.45. The van der Waals surface area contributed by atoms with Gasteiger partial charge in [-0.15, -0.1) is 11.3 Å². The molecule has 0 radical (unpaired) electrons. The van der Waals surface area contributed by atoms with Crippen LogP contribution in [0.1, 0.15) is 20.9 Å². The Balaban J connectivity index is 1.79. The molecule has 0 saturated carbocycles. The molecule has 27 heavy (non-hydrogen) atoms. The quantitative estimate of drug-likeness (QED) is 0.344. The Morgan fingerprint density at radius 3 is 2.78 bits per heavy atom. The summed E-state index contributed by atoms with van der Waals surface area (Å²) in [5, 5.41) is 1.30. The van der Waals surface area contributed by atoms with Gasteiger partial charge < -0.3 is 0 Å². The number of carbonyl (C=O) groups excluding carboxylic acids is 1. The molecule has 0 bridgehead atoms. The Hall–Kier alpha value is -1.80. The van der Waals surface area contributed by atoms with Gasteiger partial charge in [0, 0.05) is 11.2 Å². The molecule has 4 rings (SSSR count). The molecule has 0 aliphatic heterocycles. The van der Waals surface area contributed by atoms with Gasteiger partial charge in [-0.1, -0.05) is 29.0 Å². The molecule has 0 saturated heterocycles. The minimum Gasteiger partial charge on any atom is -0.277 e. The van der Waals surface area contributed by atoms with Crippen molar-refractivity contribution in [3.05, 3.63) is 73.6 Å². The van der Waals surface area contributed by atoms with Crippen molar-refractivity contribution in [1.82, 2.24) is 9.97 Å². The van der Waals surface area contributed by atoms with Crippen LogP contribution in [0.3, 0.4) is 0 Å². The van der Waals surface area contributed by atoms with E-state index in [1.807, 2.05) is 49.4 Å². The van der Waals surface area contributed by atoms with E-state index in [0.29, 0.717) is 21.6 Å². The lowest BCUT2D eigenvalue weighted by atomic mass is 10.2. The molecule has 4 aromatic rings. The third-order valence-electron chi connectivity index (χ3n) is 3.95. The van der Waals surface area contributed by atoms with Crippen molar-refractivity contribution in [1.29, 1.82) is 0 Å². The number of benzene rings is 1. The number of aryl methyl sites for hydroxylation is 1. The second-order valence-corrected chi connectivity index (χ2v) is 9.79. The van der Waals surface area contributed by atoms with Crippen molar-refractivity contribution in [3.63, 3.8) is 0 Å². The van der Waals surface area contributed by atoms with E-state index in [-0.39, 0.29) is 5.91 Å². The number of anilines is 1. The number of carbonyl (C=O) groups is 1. The number of amides is 1. The van der Waals surface area contributed by atoms with Crippen LogP contribution in [0.25, 0.3) is 10.2 Å². The summed E-state index contributed by atoms with van der Waals surface area (Å²) in [6.45, 7) is 2.32. The number of hydrogen-bond acceptors (Lipinski definition) is 5. The first-order valence-electron chi connectivity index (χ1n) is 8.05. The summed E-state index contributed by atoms with van der Waals surface area (Å²) in [5.41, 5.74) is 2.66. The van der Waals surface area contributed by atoms with Gasteiger partial charge in [0.25, 0.3) is 5.91 Å². The molecule has 8 heteroatoms. The number of hydrogen-bond donors (Lipinski definition) is 0. The largest absolute Gasteiger partial charge is 0.277 e. The smallest absolute Gasteiger partial charge is 0.270 e. The molecule has 0 aliphatic rings. The monoisotopic (exact) mass is 477 g/mol. The van der Waals surface area contributed by atoms with E-state index in [1.54, 1.807) is 11.1 Å². The molecule has 4 nitrogen and oxygen atoms in total. The highest BCUT2D eigenvalue weighted by atomic mass is 79.9. The molecule has 3 aromatic heterocycles. The summed E-state index contributed by atoms with van der Waals surface area (Å²) in [7, 11) is 0. The maximum Gasteiger partial charge on any atom is 0.270 e. The molecular weight excluding hydrogens is 466 g/mol. The Bertz CT molecular complexity index is 1130. The average Bonchev–Trinajstić information content (AvgIpc) is 3.26. The summed E-state index contributed by atoms with van der Waals surface area (Å²) >= 11 is 12.5. The van der Waals surface area contributed by atoms with E-state index in [1.165, 1.54) is 22.7 Å². The minimum absolute atomic E-state index is 0.0980. The van der Waals surface area contributed by atoms with Gasteiger partial charge >= 0.3 is 0 Å². The van der Waals surface area contributed by atoms with Crippen molar-refractivity contribution < 1.29 is 4.79 Å². The molecule has 0 N–H and O–H groups in total. The molecule has 0 unspecified atom stereocenters. The first-order valence-corrected chi connectivity index (χ1v) is 10.9. The third kappa shape index (κ3) is 3.91. The first-order chi connectivity index (χ1) is 13.0. The van der Waals surface area contributed by atoms with Crippen molar-refractivity contribution in [3.8, 4) is 0 Å². The summed E-state index contributed by atoms with van der Waals surface area (Å²) < 4.78 is 1.87. The van der Waals surface area contributed by atoms with Gasteiger partial charge in [0.05, 0.1) is 31.1 Å². The fourth-order valence-electron chi connectivity index (χ4n) is 2.70. The molecule has 136 valence electrons. The van der Waals surface area contributed by atoms with Gasteiger partial charge in [0.1, 0.15) is 0 Å². The van der Waals surface area contributed by atoms with Crippen molar-refractivity contribution in [2.75, 3.05) is 4.90 Å². The fraction of sp³-hybridized carbons (Fsp3) is 0.105. The van der Waals surface area contributed by atoms with Crippen LogP contribution >= 0.6 is 50.2 Å². The van der Waals surface area contributed by atoms with E-state index in [9.17, 15) is 4.79 Å². The maximum absolute atomic E-state index is 13.2. The van der Waals surface area contributed by atoms with Crippen LogP contribution in [0, 0.1) is 6.92 Å². The summed E-state index contributed by atoms with van der Waals surface area (Å²) in [4.78, 5) is 24.6. The zero-order valence-electron chi connectivity index (χ0n) is 14.1. The zero-order valence-corrected chi connectivity index (χ0v) is 18.1. The number of halogens is 2. The number of thiazole rings is 1. The van der Waals surface area contributed by atoms with Gasteiger partial charge in [-0.25, -0.2) is 4.98 Å². The van der Waals surface area contributed by atoms with Crippen LogP contribution in [0.2, 0.25) is 5.02 Å². The Labute approximate surface area is 177 Å². The Kier molecular flexibility index (Phi) is 5.27. The van der Waals surface area contributed by atoms with Gasteiger partial charge in [-0.3, -0.25) is 14.7 Å². The number of nitrogens with zero attached hydrogens (tertiary/aromatic N) is 3. The van der Waals surface area contributed by atoms with Gasteiger partial charge in [-0.05, 0) is 64.8 Å². The highest BCUT2D eigenvalue weighted by Gasteiger charge is 2.24. The van der Waals surface area contributed by atoms with Crippen LogP contribution in [0.5, 0.6) is 0 Å². The van der Waals surface area contributed by atoms with E-state index >= 15 is 0 Å². The molecule has 1 aromatic carbocycles. The second kappa shape index (κ2) is 7.67. The van der Waals surface area contributed by atoms with E-state index in [4.69, 9.17) is 16.6 Å². The summed E-state index contributed by atoms with van der Waals surface area (Å²) in [5.74, 6) is -0.0980. The average molecular weight is 479 g/mol. The first kappa shape index (κ1) is 18.6. The molecular formula is C19H13BrClN3OS2. The van der Waals surface area contributed by atoms with E-state index in [0.717, 1.165) is 25.3 Å². The van der Waals surface area contributed by atoms with Crippen molar-refractivity contribution in [2.24, 2.45) is 0 Å². The molecule has 1 amide bonds. The third-order valence-corrected chi connectivity index (χ3v) is 6.80. The molecule has 3 heterocycles. The Morgan fingerprint density at radius 2 is 2.07 bits per heavy atom. The highest BCUT2D eigenvalue weighted by Crippen LogP contribution is 2.35. The Morgan fingerprint density at radius 1 is 1.22 bits per heavy atom. The molecule has 0 aliphatic carbocycles. The molecule has 0 atom stereocenters. The maximum atomic E-state index is 13.2. The molecule has 0 fully saturated rings. The number of thiophene rings is 1. The number of fused-ring (bicyclic) bond motifs is 1. The van der Waals surface area contributed by atoms with Gasteiger partial charge in [0.2, 0.25) is 0 Å². The van der Waals surface area contributed by atoms with E-state index < -0.39 is 0 Å². The van der Waals surface area contributed by atoms with Crippen molar-refractivity contribution >= 4 is 71.5 Å². The standard InChI is InChI=1S/C19H13BrClN3OS2/c1-11-8-12(21)9-15-17(11)23-19(27-15)24(10-13-4-2-3-7-22-13)18(25)14-5-6-16(20)26-14/h2-9H,10H2,1H3. The van der Waals surface area contributed by atoms with Crippen LogP contribution in [-0.4, -0.2) is 15.9 Å². The van der Waals surface area contributed by atoms with Gasteiger partial charge in [-0.2, -0.15) is 0 Å². The minimum atomic E-state index is -0.0980. The van der Waals surface area contributed by atoms with Crippen molar-refractivity contribution in [2.45, 2.75) is 13.5 Å². The predicted molar refractivity (Wildman–Crippen MR) is 116 cm³/mol. The normalized spacial score (nSPS) is 11.1. The lowest BCUT2D eigenvalue weighted by Crippen LogP contribution is -2.30. The number of pyridine rings is 1. The summed E-state index contributed by atoms with van der Waals surface area (Å²) in [6.07, 6.45) is 1.72. The van der Waals surface area contributed by atoms with Gasteiger partial charge in [0.15, 0.2) is 5.13 Å². The summed E-state index contributed by atoms with van der Waals surface area (Å²) in [6, 6.07) is 13.1.